The second-order valence-corrected chi connectivity index (χ2v) is 4.28. The molecule has 0 aliphatic carbocycles. The molecule has 6 heteroatoms. The highest BCUT2D eigenvalue weighted by atomic mass is 16.7. The van der Waals surface area contributed by atoms with Crippen LogP contribution in [0.2, 0.25) is 0 Å². The maximum Gasteiger partial charge on any atom is 0.333 e. The van der Waals surface area contributed by atoms with Crippen molar-refractivity contribution in [3.05, 3.63) is 35.4 Å². The van der Waals surface area contributed by atoms with Crippen molar-refractivity contribution in [3.8, 4) is 6.07 Å². The predicted molar refractivity (Wildman–Crippen MR) is 67.1 cm³/mol. The molecule has 0 spiro atoms. The van der Waals surface area contributed by atoms with Crippen LogP contribution < -0.4 is 0 Å². The molecule has 0 fully saturated rings. The first-order chi connectivity index (χ1) is 9.65. The number of carbonyl (C=O) groups excluding carboxylic acids is 3. The van der Waals surface area contributed by atoms with Crippen LogP contribution in [0.15, 0.2) is 24.3 Å². The molecule has 1 heterocycles. The van der Waals surface area contributed by atoms with Crippen molar-refractivity contribution in [1.29, 1.82) is 5.26 Å². The average Bonchev–Trinajstić information content (AvgIpc) is 2.69. The van der Waals surface area contributed by atoms with E-state index in [1.165, 1.54) is 12.1 Å². The summed E-state index contributed by atoms with van der Waals surface area (Å²) < 4.78 is 0. The summed E-state index contributed by atoms with van der Waals surface area (Å²) in [5.41, 5.74) is 0.463. The summed E-state index contributed by atoms with van der Waals surface area (Å²) in [4.78, 5) is 40.2. The van der Waals surface area contributed by atoms with Gasteiger partial charge in [-0.3, -0.25) is 9.59 Å². The number of fused-ring (bicyclic) bond motifs is 1. The number of amides is 2. The Bertz CT molecular complexity index is 568. The number of unbranched alkanes of at least 4 members (excludes halogenated alkanes) is 2. The molecular weight excluding hydrogens is 260 g/mol. The van der Waals surface area contributed by atoms with Crippen molar-refractivity contribution in [1.82, 2.24) is 5.06 Å². The third-order valence-corrected chi connectivity index (χ3v) is 2.87. The fraction of sp³-hybridized carbons (Fsp3) is 0.286. The quantitative estimate of drug-likeness (QED) is 0.602. The van der Waals surface area contributed by atoms with E-state index < -0.39 is 17.8 Å². The Morgan fingerprint density at radius 2 is 1.75 bits per heavy atom. The molecule has 0 unspecified atom stereocenters. The fourth-order valence-corrected chi connectivity index (χ4v) is 1.87. The van der Waals surface area contributed by atoms with E-state index in [0.717, 1.165) is 0 Å². The molecule has 102 valence electrons. The van der Waals surface area contributed by atoms with Crippen molar-refractivity contribution in [2.45, 2.75) is 25.7 Å². The van der Waals surface area contributed by atoms with Gasteiger partial charge in [-0.15, -0.1) is 0 Å². The van der Waals surface area contributed by atoms with Gasteiger partial charge in [0.15, 0.2) is 0 Å². The van der Waals surface area contributed by atoms with Crippen molar-refractivity contribution in [2.24, 2.45) is 0 Å². The Labute approximate surface area is 115 Å². The fourth-order valence-electron chi connectivity index (χ4n) is 1.87. The maximum absolute atomic E-state index is 11.9. The smallest absolute Gasteiger partial charge is 0.330 e. The van der Waals surface area contributed by atoms with E-state index in [1.54, 1.807) is 12.1 Å². The number of imide groups is 1. The van der Waals surface area contributed by atoms with Gasteiger partial charge in [-0.25, -0.2) is 4.79 Å². The number of carbonyl (C=O) groups is 3. The number of hydrogen-bond donors (Lipinski definition) is 0. The highest BCUT2D eigenvalue weighted by Crippen LogP contribution is 2.22. The van der Waals surface area contributed by atoms with Gasteiger partial charge in [-0.2, -0.15) is 5.26 Å². The molecule has 0 radical (unpaired) electrons. The third kappa shape index (κ3) is 2.67. The molecule has 0 N–H and O–H groups in total. The number of hydroxylamine groups is 2. The zero-order chi connectivity index (χ0) is 14.5. The second-order valence-electron chi connectivity index (χ2n) is 4.28. The van der Waals surface area contributed by atoms with Gasteiger partial charge in [-0.1, -0.05) is 17.2 Å². The van der Waals surface area contributed by atoms with Gasteiger partial charge in [0, 0.05) is 12.8 Å². The van der Waals surface area contributed by atoms with Gasteiger partial charge in [0.1, 0.15) is 0 Å². The zero-order valence-electron chi connectivity index (χ0n) is 10.7. The molecule has 20 heavy (non-hydrogen) atoms. The van der Waals surface area contributed by atoms with E-state index >= 15 is 0 Å². The lowest BCUT2D eigenvalue weighted by Gasteiger charge is -2.12. The van der Waals surface area contributed by atoms with Crippen LogP contribution in [0.1, 0.15) is 46.4 Å². The molecule has 0 bridgehead atoms. The standard InChI is InChI=1S/C14H12N2O4/c15-9-5-1-2-8-12(17)20-16-13(18)10-6-3-4-7-11(10)14(16)19/h3-4,6-7H,1-2,5,8H2. The van der Waals surface area contributed by atoms with Gasteiger partial charge in [0.25, 0.3) is 11.8 Å². The first-order valence-corrected chi connectivity index (χ1v) is 6.20. The van der Waals surface area contributed by atoms with Gasteiger partial charge < -0.3 is 4.84 Å². The zero-order valence-corrected chi connectivity index (χ0v) is 10.7. The van der Waals surface area contributed by atoms with Gasteiger partial charge in [-0.05, 0) is 25.0 Å². The first kappa shape index (κ1) is 13.7. The molecule has 6 nitrogen and oxygen atoms in total. The van der Waals surface area contributed by atoms with Gasteiger partial charge in [0.2, 0.25) is 0 Å². The summed E-state index contributed by atoms with van der Waals surface area (Å²) in [6.07, 6.45) is 1.48. The van der Waals surface area contributed by atoms with Crippen LogP contribution in [0.25, 0.3) is 0 Å². The van der Waals surface area contributed by atoms with Crippen molar-refractivity contribution in [3.63, 3.8) is 0 Å². The molecule has 0 saturated carbocycles. The molecule has 0 aromatic heterocycles. The van der Waals surface area contributed by atoms with E-state index in [-0.39, 0.29) is 17.5 Å². The summed E-state index contributed by atoms with van der Waals surface area (Å²) >= 11 is 0. The minimum atomic E-state index is -0.655. The van der Waals surface area contributed by atoms with Crippen LogP contribution in [-0.2, 0) is 9.63 Å². The van der Waals surface area contributed by atoms with Crippen molar-refractivity contribution in [2.75, 3.05) is 0 Å². The lowest BCUT2D eigenvalue weighted by atomic mass is 10.1. The average molecular weight is 272 g/mol. The monoisotopic (exact) mass is 272 g/mol. The highest BCUT2D eigenvalue weighted by Gasteiger charge is 2.38. The van der Waals surface area contributed by atoms with E-state index in [4.69, 9.17) is 10.1 Å². The van der Waals surface area contributed by atoms with Crippen LogP contribution in [-0.4, -0.2) is 22.8 Å². The molecule has 0 saturated heterocycles. The van der Waals surface area contributed by atoms with Crippen LogP contribution in [0.3, 0.4) is 0 Å². The predicted octanol–water partition coefficient (Wildman–Crippen LogP) is 1.82. The van der Waals surface area contributed by atoms with Gasteiger partial charge in [0.05, 0.1) is 17.2 Å². The number of nitriles is 1. The Balaban J connectivity index is 1.95. The third-order valence-electron chi connectivity index (χ3n) is 2.87. The maximum atomic E-state index is 11.9. The normalized spacial score (nSPS) is 13.1. The minimum absolute atomic E-state index is 0.0646. The van der Waals surface area contributed by atoms with E-state index in [9.17, 15) is 14.4 Å². The van der Waals surface area contributed by atoms with Crippen LogP contribution in [0, 0.1) is 11.3 Å². The number of benzene rings is 1. The summed E-state index contributed by atoms with van der Waals surface area (Å²) in [6, 6.07) is 8.26. The highest BCUT2D eigenvalue weighted by molar-refractivity contribution is 6.20. The molecule has 2 rings (SSSR count). The second kappa shape index (κ2) is 5.97. The molecular formula is C14H12N2O4. The Morgan fingerprint density at radius 1 is 1.15 bits per heavy atom. The molecule has 2 amide bonds. The van der Waals surface area contributed by atoms with E-state index in [2.05, 4.69) is 0 Å². The van der Waals surface area contributed by atoms with E-state index in [1.807, 2.05) is 6.07 Å². The minimum Gasteiger partial charge on any atom is -0.330 e. The largest absolute Gasteiger partial charge is 0.333 e. The summed E-state index contributed by atoms with van der Waals surface area (Å²) in [7, 11) is 0. The lowest BCUT2D eigenvalue weighted by Crippen LogP contribution is -2.32. The SMILES string of the molecule is N#CCCCCC(=O)ON1C(=O)c2ccccc2C1=O. The Kier molecular flexibility index (Phi) is 4.11. The number of rotatable bonds is 5. The van der Waals surface area contributed by atoms with E-state index in [0.29, 0.717) is 24.3 Å². The molecule has 1 aromatic rings. The lowest BCUT2D eigenvalue weighted by molar-refractivity contribution is -0.168. The summed E-state index contributed by atoms with van der Waals surface area (Å²) in [5, 5.41) is 8.86. The first-order valence-electron chi connectivity index (χ1n) is 6.20. The van der Waals surface area contributed by atoms with Crippen LogP contribution in [0.4, 0.5) is 0 Å². The van der Waals surface area contributed by atoms with Crippen LogP contribution >= 0.6 is 0 Å². The summed E-state index contributed by atoms with van der Waals surface area (Å²) in [6.45, 7) is 0. The van der Waals surface area contributed by atoms with Crippen molar-refractivity contribution < 1.29 is 19.2 Å². The molecule has 1 aromatic carbocycles. The molecule has 0 atom stereocenters. The topological polar surface area (TPSA) is 87.5 Å². The number of nitrogens with zero attached hydrogens (tertiary/aromatic N) is 2. The molecule has 1 aliphatic rings. The van der Waals surface area contributed by atoms with Gasteiger partial charge >= 0.3 is 5.97 Å². The Morgan fingerprint density at radius 3 is 2.30 bits per heavy atom. The summed E-state index contributed by atoms with van der Waals surface area (Å²) in [5.74, 6) is -1.91. The van der Waals surface area contributed by atoms with Crippen LogP contribution in [0.5, 0.6) is 0 Å². The van der Waals surface area contributed by atoms with Crippen molar-refractivity contribution >= 4 is 17.8 Å². The molecule has 1 aliphatic heterocycles. The number of hydrogen-bond acceptors (Lipinski definition) is 5. The Hall–Kier alpha value is -2.68.